The summed E-state index contributed by atoms with van der Waals surface area (Å²) in [6.07, 6.45) is -3.18. The van der Waals surface area contributed by atoms with Crippen LogP contribution in [-0.4, -0.2) is 39.9 Å². The number of benzene rings is 1. The van der Waals surface area contributed by atoms with Gasteiger partial charge in [-0.1, -0.05) is 11.2 Å². The SMILES string of the molecule is NC(=NOC(=O)CNC(=O)C1CC1)c1cc2c([N+](=O)[O-])cccc2n1CC(F)(F)F. The highest BCUT2D eigenvalue weighted by molar-refractivity contribution is 6.03. The number of nitrogens with one attached hydrogen (secondary N) is 1. The van der Waals surface area contributed by atoms with E-state index in [1.165, 1.54) is 12.1 Å². The number of fused-ring (bicyclic) bond motifs is 1. The summed E-state index contributed by atoms with van der Waals surface area (Å²) in [5, 5.41) is 16.8. The van der Waals surface area contributed by atoms with Crippen molar-refractivity contribution in [2.45, 2.75) is 25.6 Å². The molecule has 1 saturated carbocycles. The molecule has 0 radical (unpaired) electrons. The number of carbonyl (C=O) groups excluding carboxylic acids is 2. The van der Waals surface area contributed by atoms with E-state index in [1.807, 2.05) is 0 Å². The van der Waals surface area contributed by atoms with Crippen LogP contribution in [0.3, 0.4) is 0 Å². The number of amidine groups is 1. The summed E-state index contributed by atoms with van der Waals surface area (Å²) in [6, 6.07) is 4.72. The van der Waals surface area contributed by atoms with Crippen molar-refractivity contribution >= 4 is 34.3 Å². The van der Waals surface area contributed by atoms with Gasteiger partial charge in [-0.15, -0.1) is 0 Å². The standard InChI is InChI=1S/C17H16F3N5O5/c18-17(19,20)8-24-11-2-1-3-12(25(28)29)10(11)6-13(24)15(21)23-30-14(26)7-22-16(27)9-4-5-9/h1-3,6,9H,4-5,7-8H2,(H2,21,23)(H,22,27). The zero-order valence-electron chi connectivity index (χ0n) is 15.3. The number of rotatable bonds is 7. The normalized spacial score (nSPS) is 14.6. The fourth-order valence-corrected chi connectivity index (χ4v) is 2.82. The first-order valence-electron chi connectivity index (χ1n) is 8.71. The molecule has 3 rings (SSSR count). The lowest BCUT2D eigenvalue weighted by molar-refractivity contribution is -0.383. The molecule has 0 atom stereocenters. The number of alkyl halides is 3. The van der Waals surface area contributed by atoms with Crippen LogP contribution < -0.4 is 11.1 Å². The maximum atomic E-state index is 13.0. The summed E-state index contributed by atoms with van der Waals surface area (Å²) < 4.78 is 39.8. The molecule has 10 nitrogen and oxygen atoms in total. The number of non-ortho nitro benzene ring substituents is 1. The number of aromatic nitrogens is 1. The summed E-state index contributed by atoms with van der Waals surface area (Å²) in [4.78, 5) is 38.2. The van der Waals surface area contributed by atoms with Crippen LogP contribution in [-0.2, 0) is 21.0 Å². The second-order valence-corrected chi connectivity index (χ2v) is 6.63. The van der Waals surface area contributed by atoms with E-state index in [0.29, 0.717) is 4.57 Å². The van der Waals surface area contributed by atoms with E-state index >= 15 is 0 Å². The minimum absolute atomic E-state index is 0.0806. The molecule has 0 spiro atoms. The lowest BCUT2D eigenvalue weighted by atomic mass is 10.2. The molecule has 1 fully saturated rings. The van der Waals surface area contributed by atoms with Crippen molar-refractivity contribution in [3.8, 4) is 0 Å². The first-order chi connectivity index (χ1) is 14.1. The maximum Gasteiger partial charge on any atom is 0.406 e. The molecule has 0 unspecified atom stereocenters. The van der Waals surface area contributed by atoms with E-state index in [0.717, 1.165) is 25.0 Å². The van der Waals surface area contributed by atoms with Crippen molar-refractivity contribution in [3.63, 3.8) is 0 Å². The topological polar surface area (TPSA) is 142 Å². The average molecular weight is 427 g/mol. The van der Waals surface area contributed by atoms with Gasteiger partial charge in [0.1, 0.15) is 13.1 Å². The molecule has 1 aromatic heterocycles. The van der Waals surface area contributed by atoms with Crippen molar-refractivity contribution in [3.05, 3.63) is 40.1 Å². The van der Waals surface area contributed by atoms with Gasteiger partial charge < -0.3 is 20.5 Å². The third-order valence-electron chi connectivity index (χ3n) is 4.32. The number of oxime groups is 1. The summed E-state index contributed by atoms with van der Waals surface area (Å²) >= 11 is 0. The van der Waals surface area contributed by atoms with Gasteiger partial charge in [0.25, 0.3) is 5.69 Å². The molecule has 1 aliphatic carbocycles. The number of amides is 1. The number of nitro groups is 1. The largest absolute Gasteiger partial charge is 0.406 e. The molecule has 30 heavy (non-hydrogen) atoms. The second-order valence-electron chi connectivity index (χ2n) is 6.63. The number of nitrogens with zero attached hydrogens (tertiary/aromatic N) is 3. The monoisotopic (exact) mass is 427 g/mol. The molecule has 0 aliphatic heterocycles. The summed E-state index contributed by atoms with van der Waals surface area (Å²) in [5.74, 6) is -2.00. The predicted octanol–water partition coefficient (Wildman–Crippen LogP) is 1.80. The Morgan fingerprint density at radius 2 is 2.07 bits per heavy atom. The molecule has 1 amide bonds. The zero-order chi connectivity index (χ0) is 22.1. The lowest BCUT2D eigenvalue weighted by Gasteiger charge is -2.12. The number of nitrogens with two attached hydrogens (primary N) is 1. The molecule has 1 aliphatic rings. The molecule has 160 valence electrons. The van der Waals surface area contributed by atoms with Crippen molar-refractivity contribution in [1.82, 2.24) is 9.88 Å². The third kappa shape index (κ3) is 4.85. The van der Waals surface area contributed by atoms with E-state index in [9.17, 15) is 32.9 Å². The van der Waals surface area contributed by atoms with Crippen molar-refractivity contribution in [2.75, 3.05) is 6.54 Å². The van der Waals surface area contributed by atoms with Crippen LogP contribution in [0, 0.1) is 16.0 Å². The molecular formula is C17H16F3N5O5. The number of halogens is 3. The van der Waals surface area contributed by atoms with Gasteiger partial charge in [0.05, 0.1) is 21.5 Å². The van der Waals surface area contributed by atoms with Crippen molar-refractivity contribution in [2.24, 2.45) is 16.8 Å². The second kappa shape index (κ2) is 8.00. The predicted molar refractivity (Wildman–Crippen MR) is 97.2 cm³/mol. The fourth-order valence-electron chi connectivity index (χ4n) is 2.82. The molecule has 0 bridgehead atoms. The highest BCUT2D eigenvalue weighted by Gasteiger charge is 2.32. The van der Waals surface area contributed by atoms with Gasteiger partial charge in [-0.25, -0.2) is 4.79 Å². The Balaban J connectivity index is 1.86. The molecule has 0 saturated heterocycles. The van der Waals surface area contributed by atoms with Crippen LogP contribution in [0.5, 0.6) is 0 Å². The highest BCUT2D eigenvalue weighted by Crippen LogP contribution is 2.31. The van der Waals surface area contributed by atoms with Crippen LogP contribution >= 0.6 is 0 Å². The zero-order valence-corrected chi connectivity index (χ0v) is 15.3. The average Bonchev–Trinajstić information content (AvgIpc) is 3.46. The minimum atomic E-state index is -4.66. The van der Waals surface area contributed by atoms with Crippen LogP contribution in [0.15, 0.2) is 29.4 Å². The Labute approximate surface area is 166 Å². The molecular weight excluding hydrogens is 411 g/mol. The van der Waals surface area contributed by atoms with Crippen LogP contribution in [0.25, 0.3) is 10.9 Å². The maximum absolute atomic E-state index is 13.0. The Bertz CT molecular complexity index is 1040. The Hall–Kier alpha value is -3.64. The molecule has 1 heterocycles. The molecule has 2 aromatic rings. The quantitative estimate of drug-likeness (QED) is 0.227. The van der Waals surface area contributed by atoms with Crippen molar-refractivity contribution < 1.29 is 32.5 Å². The van der Waals surface area contributed by atoms with Crippen LogP contribution in [0.1, 0.15) is 18.5 Å². The first kappa shape index (κ1) is 21.1. The lowest BCUT2D eigenvalue weighted by Crippen LogP contribution is -2.31. The molecule has 1 aromatic carbocycles. The first-order valence-corrected chi connectivity index (χ1v) is 8.71. The minimum Gasteiger partial charge on any atom is -0.379 e. The molecule has 13 heteroatoms. The highest BCUT2D eigenvalue weighted by atomic mass is 19.4. The van der Waals surface area contributed by atoms with Crippen LogP contribution in [0.4, 0.5) is 18.9 Å². The Morgan fingerprint density at radius 1 is 1.37 bits per heavy atom. The number of carbonyl (C=O) groups is 2. The summed E-state index contributed by atoms with van der Waals surface area (Å²) in [6.45, 7) is -1.97. The van der Waals surface area contributed by atoms with Crippen LogP contribution in [0.2, 0.25) is 0 Å². The van der Waals surface area contributed by atoms with E-state index in [1.54, 1.807) is 0 Å². The summed E-state index contributed by atoms with van der Waals surface area (Å²) in [5.41, 5.74) is 4.88. The Morgan fingerprint density at radius 3 is 2.67 bits per heavy atom. The smallest absolute Gasteiger partial charge is 0.379 e. The van der Waals surface area contributed by atoms with Gasteiger partial charge in [-0.2, -0.15) is 13.2 Å². The van der Waals surface area contributed by atoms with E-state index in [2.05, 4.69) is 15.3 Å². The summed E-state index contributed by atoms with van der Waals surface area (Å²) in [7, 11) is 0. The van der Waals surface area contributed by atoms with Gasteiger partial charge in [-0.05, 0) is 25.0 Å². The van der Waals surface area contributed by atoms with Gasteiger partial charge in [-0.3, -0.25) is 14.9 Å². The van der Waals surface area contributed by atoms with E-state index in [4.69, 9.17) is 5.73 Å². The van der Waals surface area contributed by atoms with E-state index < -0.39 is 41.7 Å². The fraction of sp³-hybridized carbons (Fsp3) is 0.353. The third-order valence-corrected chi connectivity index (χ3v) is 4.32. The van der Waals surface area contributed by atoms with Gasteiger partial charge in [0, 0.05) is 12.0 Å². The van der Waals surface area contributed by atoms with Crippen molar-refractivity contribution in [1.29, 1.82) is 0 Å². The molecule has 3 N–H and O–H groups in total. The van der Waals surface area contributed by atoms with Gasteiger partial charge in [0.15, 0.2) is 5.84 Å². The Kier molecular flexibility index (Phi) is 5.62. The van der Waals surface area contributed by atoms with E-state index in [-0.39, 0.29) is 28.4 Å². The number of nitro benzene ring substituents is 1. The number of hydrogen-bond acceptors (Lipinski definition) is 6. The van der Waals surface area contributed by atoms with Gasteiger partial charge >= 0.3 is 12.1 Å². The van der Waals surface area contributed by atoms with Gasteiger partial charge in [0.2, 0.25) is 5.91 Å². The number of hydrogen-bond donors (Lipinski definition) is 2.